The zero-order valence-corrected chi connectivity index (χ0v) is 10.1. The van der Waals surface area contributed by atoms with E-state index in [0.717, 1.165) is 19.5 Å². The number of hydrogen-bond donors (Lipinski definition) is 2. The van der Waals surface area contributed by atoms with Gasteiger partial charge in [-0.1, -0.05) is 0 Å². The molecule has 2 aliphatic heterocycles. The Kier molecular flexibility index (Phi) is 3.35. The van der Waals surface area contributed by atoms with Crippen LogP contribution in [0.25, 0.3) is 0 Å². The van der Waals surface area contributed by atoms with Crippen LogP contribution in [0.2, 0.25) is 0 Å². The molecule has 1 atom stereocenters. The van der Waals surface area contributed by atoms with E-state index < -0.39 is 11.9 Å². The second-order valence-corrected chi connectivity index (χ2v) is 4.99. The molecule has 3 N–H and O–H groups in total. The van der Waals surface area contributed by atoms with Crippen molar-refractivity contribution >= 4 is 11.8 Å². The smallest absolute Gasteiger partial charge is 0.249 e. The predicted octanol–water partition coefficient (Wildman–Crippen LogP) is -1.16. The Hall–Kier alpha value is -1.14. The molecule has 96 valence electrons. The molecule has 17 heavy (non-hydrogen) atoms. The first-order valence-corrected chi connectivity index (χ1v) is 5.95. The van der Waals surface area contributed by atoms with Gasteiger partial charge in [-0.3, -0.25) is 9.59 Å². The van der Waals surface area contributed by atoms with Crippen molar-refractivity contribution in [3.8, 4) is 0 Å². The summed E-state index contributed by atoms with van der Waals surface area (Å²) in [6.07, 6.45) is 1.50. The summed E-state index contributed by atoms with van der Waals surface area (Å²) < 4.78 is 5.56. The van der Waals surface area contributed by atoms with E-state index in [4.69, 9.17) is 10.5 Å². The van der Waals surface area contributed by atoms with Crippen LogP contribution in [0.1, 0.15) is 19.8 Å². The topological polar surface area (TPSA) is 84.7 Å². The molecule has 0 aromatic carbocycles. The molecule has 0 saturated carbocycles. The lowest BCUT2D eigenvalue weighted by Gasteiger charge is -2.39. The first kappa shape index (κ1) is 12.3. The van der Waals surface area contributed by atoms with E-state index in [9.17, 15) is 9.59 Å². The minimum Gasteiger partial charge on any atom is -0.368 e. The number of carbonyl (C=O) groups excluding carboxylic acids is 2. The third-order valence-electron chi connectivity index (χ3n) is 3.44. The SMILES string of the molecule is CC1(OCC(=O)N2CCCC2C(N)=O)CNC1. The van der Waals surface area contributed by atoms with Crippen LogP contribution in [0.3, 0.4) is 0 Å². The van der Waals surface area contributed by atoms with Gasteiger partial charge in [0, 0.05) is 19.6 Å². The van der Waals surface area contributed by atoms with E-state index in [1.165, 1.54) is 4.90 Å². The number of carbonyl (C=O) groups is 2. The third-order valence-corrected chi connectivity index (χ3v) is 3.44. The van der Waals surface area contributed by atoms with Gasteiger partial charge in [0.15, 0.2) is 0 Å². The van der Waals surface area contributed by atoms with Gasteiger partial charge in [-0.05, 0) is 19.8 Å². The molecular weight excluding hydrogens is 222 g/mol. The Balaban J connectivity index is 1.84. The van der Waals surface area contributed by atoms with Crippen LogP contribution in [0.4, 0.5) is 0 Å². The Morgan fingerprint density at radius 2 is 2.24 bits per heavy atom. The summed E-state index contributed by atoms with van der Waals surface area (Å²) in [5.74, 6) is -0.563. The molecule has 0 radical (unpaired) electrons. The highest BCUT2D eigenvalue weighted by Crippen LogP contribution is 2.19. The molecule has 2 amide bonds. The average molecular weight is 241 g/mol. The molecule has 6 nitrogen and oxygen atoms in total. The van der Waals surface area contributed by atoms with Crippen LogP contribution in [0.5, 0.6) is 0 Å². The number of primary amides is 1. The number of nitrogens with one attached hydrogen (secondary N) is 1. The van der Waals surface area contributed by atoms with Crippen LogP contribution < -0.4 is 11.1 Å². The largest absolute Gasteiger partial charge is 0.368 e. The average Bonchev–Trinajstić information content (AvgIpc) is 2.72. The number of amides is 2. The van der Waals surface area contributed by atoms with Crippen molar-refractivity contribution in [2.45, 2.75) is 31.4 Å². The van der Waals surface area contributed by atoms with Crippen molar-refractivity contribution in [3.05, 3.63) is 0 Å². The molecule has 2 saturated heterocycles. The standard InChI is InChI=1S/C11H19N3O3/c1-11(6-13-7-11)17-5-9(15)14-4-2-3-8(14)10(12)16/h8,13H,2-7H2,1H3,(H2,12,16). The summed E-state index contributed by atoms with van der Waals surface area (Å²) in [7, 11) is 0. The van der Waals surface area contributed by atoms with Gasteiger partial charge in [0.25, 0.3) is 0 Å². The number of likely N-dealkylation sites (tertiary alicyclic amines) is 1. The summed E-state index contributed by atoms with van der Waals surface area (Å²) in [5.41, 5.74) is 5.02. The molecule has 2 aliphatic rings. The Labute approximate surface area is 100 Å². The molecular formula is C11H19N3O3. The lowest BCUT2D eigenvalue weighted by atomic mass is 10.0. The molecule has 0 bridgehead atoms. The fourth-order valence-electron chi connectivity index (χ4n) is 2.26. The highest BCUT2D eigenvalue weighted by Gasteiger charge is 2.36. The lowest BCUT2D eigenvalue weighted by Crippen LogP contribution is -2.60. The van der Waals surface area contributed by atoms with Gasteiger partial charge in [0.1, 0.15) is 12.6 Å². The molecule has 0 aromatic rings. The van der Waals surface area contributed by atoms with Crippen molar-refractivity contribution in [1.29, 1.82) is 0 Å². The lowest BCUT2D eigenvalue weighted by molar-refractivity contribution is -0.149. The number of ether oxygens (including phenoxy) is 1. The van der Waals surface area contributed by atoms with Crippen molar-refractivity contribution in [3.63, 3.8) is 0 Å². The molecule has 2 fully saturated rings. The molecule has 2 heterocycles. The minimum atomic E-state index is -0.446. The van der Waals surface area contributed by atoms with Gasteiger partial charge in [-0.2, -0.15) is 0 Å². The summed E-state index contributed by atoms with van der Waals surface area (Å²) in [4.78, 5) is 24.6. The van der Waals surface area contributed by atoms with Gasteiger partial charge >= 0.3 is 0 Å². The van der Waals surface area contributed by atoms with Crippen molar-refractivity contribution in [2.24, 2.45) is 5.73 Å². The summed E-state index contributed by atoms with van der Waals surface area (Å²) in [6.45, 7) is 4.12. The minimum absolute atomic E-state index is 0.0297. The van der Waals surface area contributed by atoms with Gasteiger partial charge in [0.05, 0.1) is 5.60 Å². The van der Waals surface area contributed by atoms with Crippen molar-refractivity contribution < 1.29 is 14.3 Å². The number of nitrogens with two attached hydrogens (primary N) is 1. The quantitative estimate of drug-likeness (QED) is 0.650. The van der Waals surface area contributed by atoms with Crippen molar-refractivity contribution in [2.75, 3.05) is 26.2 Å². The third kappa shape index (κ3) is 2.58. The highest BCUT2D eigenvalue weighted by atomic mass is 16.5. The summed E-state index contributed by atoms with van der Waals surface area (Å²) in [6, 6.07) is -0.446. The summed E-state index contributed by atoms with van der Waals surface area (Å²) >= 11 is 0. The van der Waals surface area contributed by atoms with Gasteiger partial charge in [0.2, 0.25) is 11.8 Å². The van der Waals surface area contributed by atoms with E-state index in [1.54, 1.807) is 0 Å². The maximum Gasteiger partial charge on any atom is 0.249 e. The van der Waals surface area contributed by atoms with Crippen LogP contribution >= 0.6 is 0 Å². The van der Waals surface area contributed by atoms with Gasteiger partial charge in [-0.15, -0.1) is 0 Å². The number of rotatable bonds is 4. The van der Waals surface area contributed by atoms with Crippen molar-refractivity contribution in [1.82, 2.24) is 10.2 Å². The number of nitrogens with zero attached hydrogens (tertiary/aromatic N) is 1. The predicted molar refractivity (Wildman–Crippen MR) is 61.2 cm³/mol. The first-order valence-electron chi connectivity index (χ1n) is 5.95. The Morgan fingerprint density at radius 1 is 1.53 bits per heavy atom. The first-order chi connectivity index (χ1) is 8.02. The van der Waals surface area contributed by atoms with E-state index in [1.807, 2.05) is 6.92 Å². The van der Waals surface area contributed by atoms with Crippen LogP contribution in [0.15, 0.2) is 0 Å². The maximum atomic E-state index is 11.9. The van der Waals surface area contributed by atoms with E-state index >= 15 is 0 Å². The van der Waals surface area contributed by atoms with E-state index in [0.29, 0.717) is 13.0 Å². The number of hydrogen-bond acceptors (Lipinski definition) is 4. The fraction of sp³-hybridized carbons (Fsp3) is 0.818. The highest BCUT2D eigenvalue weighted by molar-refractivity contribution is 5.87. The fourth-order valence-corrected chi connectivity index (χ4v) is 2.26. The Bertz CT molecular complexity index is 328. The maximum absolute atomic E-state index is 11.9. The van der Waals surface area contributed by atoms with Gasteiger partial charge in [-0.25, -0.2) is 0 Å². The molecule has 1 unspecified atom stereocenters. The second-order valence-electron chi connectivity index (χ2n) is 4.99. The molecule has 2 rings (SSSR count). The Morgan fingerprint density at radius 3 is 2.76 bits per heavy atom. The van der Waals surface area contributed by atoms with Crippen LogP contribution in [0, 0.1) is 0 Å². The van der Waals surface area contributed by atoms with Crippen LogP contribution in [-0.2, 0) is 14.3 Å². The zero-order chi connectivity index (χ0) is 12.5. The van der Waals surface area contributed by atoms with Gasteiger partial charge < -0.3 is 20.7 Å². The normalized spacial score (nSPS) is 26.6. The summed E-state index contributed by atoms with van der Waals surface area (Å²) in [5, 5.41) is 3.10. The van der Waals surface area contributed by atoms with E-state index in [2.05, 4.69) is 5.32 Å². The molecule has 0 aliphatic carbocycles. The molecule has 0 spiro atoms. The molecule has 0 aromatic heterocycles. The van der Waals surface area contributed by atoms with Crippen LogP contribution in [-0.4, -0.2) is 54.6 Å². The monoisotopic (exact) mass is 241 g/mol. The second kappa shape index (κ2) is 4.62. The zero-order valence-electron chi connectivity index (χ0n) is 10.1. The van der Waals surface area contributed by atoms with E-state index in [-0.39, 0.29) is 18.1 Å². The molecule has 6 heteroatoms.